The number of ether oxygens (including phenoxy) is 2. The van der Waals surface area contributed by atoms with E-state index in [-0.39, 0.29) is 17.0 Å². The minimum Gasteiger partial charge on any atom is -0.493 e. The smallest absolute Gasteiger partial charge is 0.341 e. The van der Waals surface area contributed by atoms with Gasteiger partial charge in [-0.2, -0.15) is 5.32 Å². The van der Waals surface area contributed by atoms with Crippen molar-refractivity contribution < 1.29 is 19.3 Å². The summed E-state index contributed by atoms with van der Waals surface area (Å²) in [5, 5.41) is 6.21. The van der Waals surface area contributed by atoms with Crippen molar-refractivity contribution in [2.24, 2.45) is 11.1 Å². The highest BCUT2D eigenvalue weighted by molar-refractivity contribution is 7.18. The van der Waals surface area contributed by atoms with Gasteiger partial charge in [0.15, 0.2) is 0 Å². The number of nitroso groups, excluding NO2 is 1. The van der Waals surface area contributed by atoms with Crippen LogP contribution in [0.2, 0.25) is 0 Å². The first kappa shape index (κ1) is 18.9. The van der Waals surface area contributed by atoms with Crippen LogP contribution in [0.4, 0.5) is 10.1 Å². The van der Waals surface area contributed by atoms with E-state index in [4.69, 9.17) is 9.47 Å². The normalized spacial score (nSPS) is 10.8. The van der Waals surface area contributed by atoms with Crippen LogP contribution in [0, 0.1) is 10.8 Å². The fourth-order valence-electron chi connectivity index (χ4n) is 1.96. The van der Waals surface area contributed by atoms with Crippen LogP contribution in [0.5, 0.6) is 11.5 Å². The Hall–Kier alpha value is -2.48. The molecule has 1 aromatic heterocycles. The summed E-state index contributed by atoms with van der Waals surface area (Å²) in [5.41, 5.74) is 0.402. The molecule has 1 amide bonds. The molecule has 0 unspecified atom stereocenters. The molecule has 0 saturated heterocycles. The Morgan fingerprint density at radius 1 is 1.24 bits per heavy atom. The van der Waals surface area contributed by atoms with Crippen molar-refractivity contribution in [3.63, 3.8) is 0 Å². The lowest BCUT2D eigenvalue weighted by Gasteiger charge is -2.14. The van der Waals surface area contributed by atoms with Gasteiger partial charge >= 0.3 is 11.0 Å². The van der Waals surface area contributed by atoms with Crippen LogP contribution in [0.15, 0.2) is 29.6 Å². The van der Waals surface area contributed by atoms with Crippen LogP contribution >= 0.6 is 11.3 Å². The third-order valence-electron chi connectivity index (χ3n) is 2.95. The molecule has 1 heterocycles. The van der Waals surface area contributed by atoms with Crippen LogP contribution in [0.3, 0.4) is 0 Å². The maximum Gasteiger partial charge on any atom is 0.341 e. The van der Waals surface area contributed by atoms with E-state index in [1.807, 2.05) is 27.7 Å². The highest BCUT2D eigenvalue weighted by Crippen LogP contribution is 2.26. The van der Waals surface area contributed by atoms with Crippen LogP contribution in [-0.2, 0) is 0 Å². The zero-order chi connectivity index (χ0) is 18.4. The van der Waals surface area contributed by atoms with Crippen molar-refractivity contribution in [2.75, 3.05) is 11.9 Å². The highest BCUT2D eigenvalue weighted by Gasteiger charge is 2.18. The van der Waals surface area contributed by atoms with E-state index < -0.39 is 0 Å². The van der Waals surface area contributed by atoms with Gasteiger partial charge in [-0.05, 0) is 48.4 Å². The quantitative estimate of drug-likeness (QED) is 0.716. The highest BCUT2D eigenvalue weighted by atomic mass is 32.1. The molecule has 0 bridgehead atoms. The van der Waals surface area contributed by atoms with E-state index in [0.29, 0.717) is 34.7 Å². The summed E-state index contributed by atoms with van der Waals surface area (Å²) < 4.78 is 11.4. The Morgan fingerprint density at radius 2 is 1.96 bits per heavy atom. The SMILES string of the molecule is CC(C)COc1cc(OC(C)C)cc(C(=O)Nc2[nH+]cc(N=O)s2)c1. The average Bonchev–Trinajstić information content (AvgIpc) is 2.99. The zero-order valence-electron chi connectivity index (χ0n) is 14.7. The van der Waals surface area contributed by atoms with Crippen molar-refractivity contribution in [1.29, 1.82) is 0 Å². The van der Waals surface area contributed by atoms with Gasteiger partial charge in [0.25, 0.3) is 0 Å². The standard InChI is InChI=1S/C17H21N3O4S/c1-10(2)9-23-13-5-12(6-14(7-13)24-11(3)4)16(21)19-17-18-8-15(20-22)25-17/h5-8,10-11H,9H2,1-4H3,(H,18,19,21)/p+1. The van der Waals surface area contributed by atoms with Gasteiger partial charge in [-0.25, -0.2) is 9.78 Å². The Balaban J connectivity index is 2.22. The lowest BCUT2D eigenvalue weighted by atomic mass is 10.2. The number of carbonyl (C=O) groups excluding carboxylic acids is 1. The number of aromatic amines is 1. The second-order valence-corrected chi connectivity index (χ2v) is 7.20. The summed E-state index contributed by atoms with van der Waals surface area (Å²) in [5.74, 6) is 1.16. The molecule has 134 valence electrons. The Bertz CT molecular complexity index is 743. The first-order valence-corrected chi connectivity index (χ1v) is 8.79. The van der Waals surface area contributed by atoms with Gasteiger partial charge < -0.3 is 9.47 Å². The first-order chi connectivity index (χ1) is 11.9. The van der Waals surface area contributed by atoms with Gasteiger partial charge in [0.05, 0.1) is 18.3 Å². The lowest BCUT2D eigenvalue weighted by molar-refractivity contribution is -0.353. The van der Waals surface area contributed by atoms with Gasteiger partial charge in [0, 0.05) is 6.07 Å². The molecule has 8 heteroatoms. The Morgan fingerprint density at radius 3 is 2.56 bits per heavy atom. The minimum absolute atomic E-state index is 0.0249. The zero-order valence-corrected chi connectivity index (χ0v) is 15.5. The van der Waals surface area contributed by atoms with Crippen LogP contribution in [0.25, 0.3) is 0 Å². The number of anilines is 1. The number of nitrogens with one attached hydrogen (secondary N) is 2. The molecule has 0 radical (unpaired) electrons. The lowest BCUT2D eigenvalue weighted by Crippen LogP contribution is -2.17. The van der Waals surface area contributed by atoms with E-state index in [2.05, 4.69) is 15.5 Å². The van der Waals surface area contributed by atoms with Crippen LogP contribution in [0.1, 0.15) is 38.1 Å². The number of hydrogen-bond acceptors (Lipinski definition) is 6. The molecule has 0 saturated carbocycles. The molecule has 0 aliphatic heterocycles. The molecule has 0 fully saturated rings. The van der Waals surface area contributed by atoms with Crippen LogP contribution in [-0.4, -0.2) is 18.6 Å². The number of aromatic nitrogens is 1. The van der Waals surface area contributed by atoms with Gasteiger partial charge in [0.1, 0.15) is 17.7 Å². The maximum atomic E-state index is 12.5. The van der Waals surface area contributed by atoms with E-state index in [1.165, 1.54) is 6.20 Å². The fraction of sp³-hybridized carbons (Fsp3) is 0.412. The van der Waals surface area contributed by atoms with Crippen LogP contribution < -0.4 is 19.8 Å². The summed E-state index contributed by atoms with van der Waals surface area (Å²) in [6, 6.07) is 5.09. The second-order valence-electron chi connectivity index (χ2n) is 6.17. The number of rotatable bonds is 8. The predicted molar refractivity (Wildman–Crippen MR) is 96.8 cm³/mol. The first-order valence-electron chi connectivity index (χ1n) is 7.98. The molecule has 1 aromatic carbocycles. The third kappa shape index (κ3) is 5.82. The number of thiazole rings is 1. The molecule has 25 heavy (non-hydrogen) atoms. The van der Waals surface area contributed by atoms with Crippen molar-refractivity contribution in [2.45, 2.75) is 33.8 Å². The van der Waals surface area contributed by atoms with Gasteiger partial charge in [0.2, 0.25) is 5.00 Å². The third-order valence-corrected chi connectivity index (χ3v) is 3.77. The molecule has 7 nitrogen and oxygen atoms in total. The van der Waals surface area contributed by atoms with Gasteiger partial charge in [-0.15, -0.1) is 4.91 Å². The molecule has 0 spiro atoms. The number of carbonyl (C=O) groups is 1. The molecule has 0 aliphatic rings. The van der Waals surface area contributed by atoms with E-state index in [9.17, 15) is 9.70 Å². The maximum absolute atomic E-state index is 12.5. The Kier molecular flexibility index (Phi) is 6.46. The minimum atomic E-state index is -0.334. The number of benzene rings is 1. The topological polar surface area (TPSA) is 91.1 Å². The van der Waals surface area contributed by atoms with Crippen molar-refractivity contribution in [1.82, 2.24) is 0 Å². The van der Waals surface area contributed by atoms with E-state index in [0.717, 1.165) is 11.3 Å². The monoisotopic (exact) mass is 364 g/mol. The largest absolute Gasteiger partial charge is 0.493 e. The summed E-state index contributed by atoms with van der Waals surface area (Å²) in [7, 11) is 0. The van der Waals surface area contributed by atoms with E-state index in [1.54, 1.807) is 18.2 Å². The van der Waals surface area contributed by atoms with Crippen molar-refractivity contribution in [3.05, 3.63) is 34.9 Å². The van der Waals surface area contributed by atoms with Gasteiger partial charge in [-0.1, -0.05) is 13.8 Å². The molecule has 2 N–H and O–H groups in total. The summed E-state index contributed by atoms with van der Waals surface area (Å²) in [4.78, 5) is 25.8. The van der Waals surface area contributed by atoms with E-state index >= 15 is 0 Å². The number of H-pyrrole nitrogens is 1. The van der Waals surface area contributed by atoms with Gasteiger partial charge in [-0.3, -0.25) is 0 Å². The summed E-state index contributed by atoms with van der Waals surface area (Å²) in [6.07, 6.45) is 1.41. The molecule has 0 atom stereocenters. The number of nitrogens with zero attached hydrogens (tertiary/aromatic N) is 1. The van der Waals surface area contributed by atoms with Crippen molar-refractivity contribution in [3.8, 4) is 11.5 Å². The predicted octanol–water partition coefficient (Wildman–Crippen LogP) is 4.03. The fourth-order valence-corrected chi connectivity index (χ4v) is 2.59. The van der Waals surface area contributed by atoms with Crippen molar-refractivity contribution >= 4 is 27.4 Å². The Labute approximate surface area is 150 Å². The molecular formula is C17H22N3O4S+. The summed E-state index contributed by atoms with van der Waals surface area (Å²) >= 11 is 1.06. The number of amides is 1. The molecular weight excluding hydrogens is 342 g/mol. The number of hydrogen-bond donors (Lipinski definition) is 1. The molecule has 0 aliphatic carbocycles. The molecule has 2 rings (SSSR count). The average molecular weight is 364 g/mol. The summed E-state index contributed by atoms with van der Waals surface area (Å²) in [6.45, 7) is 8.46. The molecule has 2 aromatic rings. The second kappa shape index (κ2) is 8.57.